The number of pyridine rings is 1. The second kappa shape index (κ2) is 2.74. The lowest BCUT2D eigenvalue weighted by atomic mass is 9.72. The maximum atomic E-state index is 10.6. The van der Waals surface area contributed by atoms with Crippen molar-refractivity contribution in [1.29, 1.82) is 0 Å². The fourth-order valence-corrected chi connectivity index (χ4v) is 2.99. The van der Waals surface area contributed by atoms with Gasteiger partial charge in [0.1, 0.15) is 10.8 Å². The summed E-state index contributed by atoms with van der Waals surface area (Å²) in [6.45, 7) is 1.89. The molecule has 1 spiro atoms. The van der Waals surface area contributed by atoms with Gasteiger partial charge in [-0.15, -0.1) is 0 Å². The van der Waals surface area contributed by atoms with Crippen molar-refractivity contribution in [2.75, 3.05) is 0 Å². The third-order valence-corrected chi connectivity index (χ3v) is 4.38. The van der Waals surface area contributed by atoms with Gasteiger partial charge in [-0.25, -0.2) is 4.98 Å². The van der Waals surface area contributed by atoms with E-state index in [1.165, 1.54) is 0 Å². The summed E-state index contributed by atoms with van der Waals surface area (Å²) in [5.74, 6) is 0. The zero-order chi connectivity index (χ0) is 10.7. The Hall–Kier alpha value is -0.600. The average molecular weight is 224 g/mol. The molecule has 80 valence electrons. The average Bonchev–Trinajstić information content (AvgIpc) is 2.95. The van der Waals surface area contributed by atoms with Crippen LogP contribution in [0.5, 0.6) is 0 Å². The Bertz CT molecular complexity index is 424. The van der Waals surface area contributed by atoms with Crippen LogP contribution in [0.3, 0.4) is 0 Å². The molecule has 2 aliphatic rings. The van der Waals surface area contributed by atoms with E-state index in [1.807, 2.05) is 13.0 Å². The Morgan fingerprint density at radius 2 is 2.07 bits per heavy atom. The predicted molar refractivity (Wildman–Crippen MR) is 58.8 cm³/mol. The molecule has 1 fully saturated rings. The Morgan fingerprint density at radius 1 is 1.33 bits per heavy atom. The van der Waals surface area contributed by atoms with Gasteiger partial charge in [0.15, 0.2) is 0 Å². The minimum Gasteiger partial charge on any atom is -0.383 e. The molecular weight excluding hydrogens is 210 g/mol. The number of halogens is 1. The zero-order valence-electron chi connectivity index (χ0n) is 8.76. The van der Waals surface area contributed by atoms with Crippen LogP contribution in [-0.4, -0.2) is 10.1 Å². The van der Waals surface area contributed by atoms with Crippen LogP contribution in [0.15, 0.2) is 12.1 Å². The van der Waals surface area contributed by atoms with Crippen LogP contribution >= 0.6 is 11.6 Å². The number of nitrogens with zero attached hydrogens (tertiary/aromatic N) is 1. The Labute approximate surface area is 94.3 Å². The monoisotopic (exact) mass is 223 g/mol. The van der Waals surface area contributed by atoms with Crippen molar-refractivity contribution in [3.8, 4) is 0 Å². The van der Waals surface area contributed by atoms with E-state index in [1.54, 1.807) is 6.07 Å². The van der Waals surface area contributed by atoms with Gasteiger partial charge in [0.2, 0.25) is 0 Å². The SMILES string of the molecule is CC1(O)c2nc(Cl)ccc2CCC12CC2. The molecule has 1 aromatic rings. The van der Waals surface area contributed by atoms with Crippen LogP contribution in [-0.2, 0) is 12.0 Å². The summed E-state index contributed by atoms with van der Waals surface area (Å²) >= 11 is 5.90. The van der Waals surface area contributed by atoms with Gasteiger partial charge < -0.3 is 5.11 Å². The molecule has 1 heterocycles. The van der Waals surface area contributed by atoms with Gasteiger partial charge in [0, 0.05) is 5.41 Å². The largest absolute Gasteiger partial charge is 0.383 e. The number of hydrogen-bond acceptors (Lipinski definition) is 2. The van der Waals surface area contributed by atoms with Crippen molar-refractivity contribution in [3.05, 3.63) is 28.5 Å². The molecule has 1 unspecified atom stereocenters. The summed E-state index contributed by atoms with van der Waals surface area (Å²) in [6, 6.07) is 3.80. The summed E-state index contributed by atoms with van der Waals surface area (Å²) in [5, 5.41) is 11.1. The second-order valence-corrected chi connectivity index (χ2v) is 5.38. The molecule has 0 radical (unpaired) electrons. The highest BCUT2D eigenvalue weighted by atomic mass is 35.5. The van der Waals surface area contributed by atoms with E-state index in [0.29, 0.717) is 5.15 Å². The Kier molecular flexibility index (Phi) is 1.76. The second-order valence-electron chi connectivity index (χ2n) is 4.99. The molecule has 1 atom stereocenters. The van der Waals surface area contributed by atoms with Gasteiger partial charge in [-0.2, -0.15) is 0 Å². The number of fused-ring (bicyclic) bond motifs is 1. The third kappa shape index (κ3) is 1.18. The van der Waals surface area contributed by atoms with Crippen molar-refractivity contribution in [1.82, 2.24) is 4.98 Å². The molecule has 15 heavy (non-hydrogen) atoms. The predicted octanol–water partition coefficient (Wildman–Crippen LogP) is 2.67. The first-order chi connectivity index (χ1) is 7.05. The van der Waals surface area contributed by atoms with Crippen molar-refractivity contribution < 1.29 is 5.11 Å². The third-order valence-electron chi connectivity index (χ3n) is 4.17. The summed E-state index contributed by atoms with van der Waals surface area (Å²) in [7, 11) is 0. The first-order valence-corrected chi connectivity index (χ1v) is 5.81. The van der Waals surface area contributed by atoms with E-state index >= 15 is 0 Å². The van der Waals surface area contributed by atoms with Crippen molar-refractivity contribution in [2.24, 2.45) is 5.41 Å². The Morgan fingerprint density at radius 3 is 2.73 bits per heavy atom. The van der Waals surface area contributed by atoms with Gasteiger partial charge in [0.25, 0.3) is 0 Å². The number of aromatic nitrogens is 1. The first-order valence-electron chi connectivity index (χ1n) is 5.43. The molecule has 0 amide bonds. The molecule has 2 nitrogen and oxygen atoms in total. The van der Waals surface area contributed by atoms with E-state index in [0.717, 1.165) is 36.9 Å². The summed E-state index contributed by atoms with van der Waals surface area (Å²) in [4.78, 5) is 4.32. The molecule has 1 N–H and O–H groups in total. The van der Waals surface area contributed by atoms with Gasteiger partial charge >= 0.3 is 0 Å². The van der Waals surface area contributed by atoms with Crippen LogP contribution in [0.25, 0.3) is 0 Å². The lowest BCUT2D eigenvalue weighted by Gasteiger charge is -2.38. The molecule has 0 aliphatic heterocycles. The summed E-state index contributed by atoms with van der Waals surface area (Å²) in [5.41, 5.74) is 1.27. The van der Waals surface area contributed by atoms with Crippen LogP contribution < -0.4 is 0 Å². The van der Waals surface area contributed by atoms with Crippen molar-refractivity contribution >= 4 is 11.6 Å². The maximum absolute atomic E-state index is 10.6. The van der Waals surface area contributed by atoms with Gasteiger partial charge in [-0.3, -0.25) is 0 Å². The lowest BCUT2D eigenvalue weighted by molar-refractivity contribution is -0.0371. The molecule has 0 bridgehead atoms. The summed E-state index contributed by atoms with van der Waals surface area (Å²) in [6.07, 6.45) is 4.34. The van der Waals surface area contributed by atoms with Crippen LogP contribution in [0, 0.1) is 5.41 Å². The van der Waals surface area contributed by atoms with E-state index < -0.39 is 5.60 Å². The van der Waals surface area contributed by atoms with Gasteiger partial charge in [-0.1, -0.05) is 17.7 Å². The van der Waals surface area contributed by atoms with Gasteiger partial charge in [-0.05, 0) is 44.2 Å². The highest BCUT2D eigenvalue weighted by Gasteiger charge is 2.59. The number of aliphatic hydroxyl groups is 1. The zero-order valence-corrected chi connectivity index (χ0v) is 9.51. The van der Waals surface area contributed by atoms with E-state index in [-0.39, 0.29) is 5.41 Å². The van der Waals surface area contributed by atoms with Crippen LogP contribution in [0.4, 0.5) is 0 Å². The van der Waals surface area contributed by atoms with Crippen molar-refractivity contribution in [2.45, 2.75) is 38.2 Å². The number of rotatable bonds is 0. The fraction of sp³-hybridized carbons (Fsp3) is 0.583. The number of hydrogen-bond donors (Lipinski definition) is 1. The van der Waals surface area contributed by atoms with E-state index in [9.17, 15) is 5.11 Å². The fourth-order valence-electron chi connectivity index (χ4n) is 2.84. The molecule has 1 aromatic heterocycles. The molecule has 2 aliphatic carbocycles. The molecule has 1 saturated carbocycles. The Balaban J connectivity index is 2.17. The van der Waals surface area contributed by atoms with E-state index in [4.69, 9.17) is 11.6 Å². The van der Waals surface area contributed by atoms with E-state index in [2.05, 4.69) is 4.98 Å². The molecule has 0 aromatic carbocycles. The standard InChI is InChI=1S/C12H14ClNO/c1-11(15)10-8(2-3-9(13)14-10)4-5-12(11)6-7-12/h2-3,15H,4-7H2,1H3. The summed E-state index contributed by atoms with van der Waals surface area (Å²) < 4.78 is 0. The first kappa shape index (κ1) is 9.61. The van der Waals surface area contributed by atoms with Crippen molar-refractivity contribution in [3.63, 3.8) is 0 Å². The molecule has 0 saturated heterocycles. The highest BCUT2D eigenvalue weighted by molar-refractivity contribution is 6.29. The number of aryl methyl sites for hydroxylation is 1. The minimum absolute atomic E-state index is 0.0949. The molecular formula is C12H14ClNO. The quantitative estimate of drug-likeness (QED) is 0.686. The highest BCUT2D eigenvalue weighted by Crippen LogP contribution is 2.63. The lowest BCUT2D eigenvalue weighted by Crippen LogP contribution is -2.39. The van der Waals surface area contributed by atoms with Gasteiger partial charge in [0.05, 0.1) is 5.69 Å². The topological polar surface area (TPSA) is 33.1 Å². The normalized spacial score (nSPS) is 31.4. The maximum Gasteiger partial charge on any atom is 0.129 e. The van der Waals surface area contributed by atoms with Crippen LogP contribution in [0.1, 0.15) is 37.4 Å². The minimum atomic E-state index is -0.786. The van der Waals surface area contributed by atoms with Crippen LogP contribution in [0.2, 0.25) is 5.15 Å². The molecule has 3 heteroatoms. The molecule has 3 rings (SSSR count). The smallest absolute Gasteiger partial charge is 0.129 e.